The van der Waals surface area contributed by atoms with Gasteiger partial charge in [0.1, 0.15) is 4.47 Å². The molecule has 19 heavy (non-hydrogen) atoms. The number of hydrogen-bond donors (Lipinski definition) is 1. The molecular weight excluding hydrogens is 326 g/mol. The van der Waals surface area contributed by atoms with Gasteiger partial charge in [-0.2, -0.15) is 16.4 Å². The summed E-state index contributed by atoms with van der Waals surface area (Å²) >= 11 is 5.04. The number of hydrogen-bond acceptors (Lipinski definition) is 4. The Labute approximate surface area is 124 Å². The van der Waals surface area contributed by atoms with Crippen LogP contribution in [0.1, 0.15) is 18.9 Å². The van der Waals surface area contributed by atoms with Crippen LogP contribution in [0.2, 0.25) is 0 Å². The minimum atomic E-state index is -0.0811. The number of rotatable bonds is 6. The normalized spacial score (nSPS) is 10.6. The SMILES string of the molecule is CCCn1ncc(NCCc2ccsc2)c(Br)c1=O. The van der Waals surface area contributed by atoms with Gasteiger partial charge in [0.2, 0.25) is 0 Å². The third-order valence-electron chi connectivity index (χ3n) is 2.73. The molecule has 0 aliphatic rings. The lowest BCUT2D eigenvalue weighted by molar-refractivity contribution is 0.566. The van der Waals surface area contributed by atoms with E-state index in [-0.39, 0.29) is 5.56 Å². The summed E-state index contributed by atoms with van der Waals surface area (Å²) < 4.78 is 2.04. The van der Waals surface area contributed by atoms with Crippen molar-refractivity contribution in [3.05, 3.63) is 43.4 Å². The van der Waals surface area contributed by atoms with Gasteiger partial charge in [0.25, 0.3) is 5.56 Å². The highest BCUT2D eigenvalue weighted by atomic mass is 79.9. The fourth-order valence-corrected chi connectivity index (χ4v) is 2.89. The second-order valence-corrected chi connectivity index (χ2v) is 5.78. The van der Waals surface area contributed by atoms with E-state index in [2.05, 4.69) is 43.2 Å². The van der Waals surface area contributed by atoms with Gasteiger partial charge in [-0.15, -0.1) is 0 Å². The molecule has 2 heterocycles. The van der Waals surface area contributed by atoms with E-state index in [4.69, 9.17) is 0 Å². The number of aryl methyl sites for hydroxylation is 1. The summed E-state index contributed by atoms with van der Waals surface area (Å²) in [6.45, 7) is 3.45. The van der Waals surface area contributed by atoms with Crippen LogP contribution in [0, 0.1) is 0 Å². The molecule has 1 N–H and O–H groups in total. The average Bonchev–Trinajstić information content (AvgIpc) is 2.91. The van der Waals surface area contributed by atoms with Crippen LogP contribution in [0.15, 0.2) is 32.3 Å². The molecular formula is C13H16BrN3OS. The molecule has 6 heteroatoms. The van der Waals surface area contributed by atoms with Crippen molar-refractivity contribution >= 4 is 33.0 Å². The van der Waals surface area contributed by atoms with Crippen LogP contribution in [0.3, 0.4) is 0 Å². The molecule has 2 aromatic rings. The molecule has 0 unspecified atom stereocenters. The maximum atomic E-state index is 12.0. The topological polar surface area (TPSA) is 46.9 Å². The van der Waals surface area contributed by atoms with E-state index in [0.717, 1.165) is 25.1 Å². The lowest BCUT2D eigenvalue weighted by Gasteiger charge is -2.09. The standard InChI is InChI=1S/C13H16BrN3OS/c1-2-6-17-13(18)12(14)11(8-16-17)15-5-3-10-4-7-19-9-10/h4,7-9,15H,2-3,5-6H2,1H3. The lowest BCUT2D eigenvalue weighted by Crippen LogP contribution is -2.24. The van der Waals surface area contributed by atoms with Crippen LogP contribution in [-0.2, 0) is 13.0 Å². The Kier molecular flexibility index (Phi) is 5.15. The first kappa shape index (κ1) is 14.3. The minimum Gasteiger partial charge on any atom is -0.382 e. The summed E-state index contributed by atoms with van der Waals surface area (Å²) in [4.78, 5) is 12.0. The average molecular weight is 342 g/mol. The summed E-state index contributed by atoms with van der Waals surface area (Å²) in [5.41, 5.74) is 1.98. The summed E-state index contributed by atoms with van der Waals surface area (Å²) in [6, 6.07) is 2.11. The molecule has 0 aromatic carbocycles. The third-order valence-corrected chi connectivity index (χ3v) is 4.23. The molecule has 4 nitrogen and oxygen atoms in total. The van der Waals surface area contributed by atoms with Gasteiger partial charge in [-0.05, 0) is 51.2 Å². The van der Waals surface area contributed by atoms with Crippen molar-refractivity contribution in [2.24, 2.45) is 0 Å². The van der Waals surface area contributed by atoms with Crippen molar-refractivity contribution in [3.8, 4) is 0 Å². The Morgan fingerprint density at radius 1 is 1.53 bits per heavy atom. The highest BCUT2D eigenvalue weighted by Gasteiger charge is 2.07. The fraction of sp³-hybridized carbons (Fsp3) is 0.385. The van der Waals surface area contributed by atoms with Gasteiger partial charge in [-0.1, -0.05) is 6.92 Å². The van der Waals surface area contributed by atoms with Gasteiger partial charge in [0.15, 0.2) is 0 Å². The quantitative estimate of drug-likeness (QED) is 0.877. The number of halogens is 1. The molecule has 2 aromatic heterocycles. The van der Waals surface area contributed by atoms with E-state index in [1.807, 2.05) is 6.92 Å². The van der Waals surface area contributed by atoms with Crippen LogP contribution in [0.25, 0.3) is 0 Å². The molecule has 0 saturated heterocycles. The number of anilines is 1. The van der Waals surface area contributed by atoms with E-state index in [0.29, 0.717) is 11.0 Å². The Hall–Kier alpha value is -1.14. The molecule has 0 atom stereocenters. The van der Waals surface area contributed by atoms with Gasteiger partial charge < -0.3 is 5.32 Å². The van der Waals surface area contributed by atoms with Crippen molar-refractivity contribution in [1.82, 2.24) is 9.78 Å². The number of aromatic nitrogens is 2. The van der Waals surface area contributed by atoms with Crippen LogP contribution in [0.4, 0.5) is 5.69 Å². The van der Waals surface area contributed by atoms with Crippen molar-refractivity contribution in [1.29, 1.82) is 0 Å². The Balaban J connectivity index is 2.01. The first-order valence-corrected chi connectivity index (χ1v) is 7.96. The Morgan fingerprint density at radius 3 is 3.05 bits per heavy atom. The van der Waals surface area contributed by atoms with Crippen molar-refractivity contribution in [2.45, 2.75) is 26.3 Å². The maximum absolute atomic E-state index is 12.0. The second-order valence-electron chi connectivity index (χ2n) is 4.21. The molecule has 0 bridgehead atoms. The summed E-state index contributed by atoms with van der Waals surface area (Å²) in [6.07, 6.45) is 3.53. The monoisotopic (exact) mass is 341 g/mol. The zero-order valence-corrected chi connectivity index (χ0v) is 13.1. The maximum Gasteiger partial charge on any atom is 0.283 e. The van der Waals surface area contributed by atoms with E-state index in [1.54, 1.807) is 17.5 Å². The van der Waals surface area contributed by atoms with Crippen molar-refractivity contribution in [3.63, 3.8) is 0 Å². The molecule has 0 aliphatic carbocycles. The third kappa shape index (κ3) is 3.67. The first-order chi connectivity index (χ1) is 9.22. The van der Waals surface area contributed by atoms with Gasteiger partial charge in [-0.25, -0.2) is 4.68 Å². The molecule has 0 aliphatic heterocycles. The molecule has 0 radical (unpaired) electrons. The minimum absolute atomic E-state index is 0.0811. The molecule has 0 amide bonds. The Morgan fingerprint density at radius 2 is 2.37 bits per heavy atom. The van der Waals surface area contributed by atoms with Crippen LogP contribution in [-0.4, -0.2) is 16.3 Å². The van der Waals surface area contributed by atoms with Crippen molar-refractivity contribution in [2.75, 3.05) is 11.9 Å². The zero-order valence-electron chi connectivity index (χ0n) is 10.7. The van der Waals surface area contributed by atoms with Crippen LogP contribution >= 0.6 is 27.3 Å². The summed E-state index contributed by atoms with van der Waals surface area (Å²) in [5.74, 6) is 0. The number of nitrogens with zero attached hydrogens (tertiary/aromatic N) is 2. The predicted octanol–water partition coefficient (Wildman–Crippen LogP) is 3.13. The second kappa shape index (κ2) is 6.86. The van der Waals surface area contributed by atoms with E-state index in [1.165, 1.54) is 10.2 Å². The van der Waals surface area contributed by atoms with E-state index in [9.17, 15) is 4.79 Å². The first-order valence-electron chi connectivity index (χ1n) is 6.23. The van der Waals surface area contributed by atoms with Gasteiger partial charge >= 0.3 is 0 Å². The summed E-state index contributed by atoms with van der Waals surface area (Å²) in [7, 11) is 0. The van der Waals surface area contributed by atoms with Gasteiger partial charge in [0, 0.05) is 13.1 Å². The van der Waals surface area contributed by atoms with E-state index >= 15 is 0 Å². The molecule has 102 valence electrons. The molecule has 2 rings (SSSR count). The highest BCUT2D eigenvalue weighted by Crippen LogP contribution is 2.16. The fourth-order valence-electron chi connectivity index (χ4n) is 1.74. The lowest BCUT2D eigenvalue weighted by atomic mass is 10.2. The largest absolute Gasteiger partial charge is 0.382 e. The van der Waals surface area contributed by atoms with Crippen LogP contribution < -0.4 is 10.9 Å². The zero-order chi connectivity index (χ0) is 13.7. The van der Waals surface area contributed by atoms with Crippen LogP contribution in [0.5, 0.6) is 0 Å². The summed E-state index contributed by atoms with van der Waals surface area (Å²) in [5, 5.41) is 11.6. The van der Waals surface area contributed by atoms with Gasteiger partial charge in [0.05, 0.1) is 11.9 Å². The Bertz CT molecular complexity index is 580. The smallest absolute Gasteiger partial charge is 0.283 e. The van der Waals surface area contributed by atoms with E-state index < -0.39 is 0 Å². The predicted molar refractivity (Wildman–Crippen MR) is 83.0 cm³/mol. The number of nitrogens with one attached hydrogen (secondary N) is 1. The number of thiophene rings is 1. The molecule has 0 fully saturated rings. The molecule has 0 spiro atoms. The molecule has 0 saturated carbocycles. The highest BCUT2D eigenvalue weighted by molar-refractivity contribution is 9.10. The van der Waals surface area contributed by atoms with Gasteiger partial charge in [-0.3, -0.25) is 4.79 Å². The van der Waals surface area contributed by atoms with Crippen molar-refractivity contribution < 1.29 is 0 Å².